The van der Waals surface area contributed by atoms with Crippen molar-refractivity contribution < 1.29 is 26.4 Å². The van der Waals surface area contributed by atoms with Gasteiger partial charge in [0.2, 0.25) is 15.9 Å². The van der Waals surface area contributed by atoms with Crippen LogP contribution in [0.25, 0.3) is 11.3 Å². The van der Waals surface area contributed by atoms with Gasteiger partial charge in [0.05, 0.1) is 22.6 Å². The average Bonchev–Trinajstić information content (AvgIpc) is 3.16. The summed E-state index contributed by atoms with van der Waals surface area (Å²) in [4.78, 5) is 16.7. The van der Waals surface area contributed by atoms with Gasteiger partial charge in [0.1, 0.15) is 0 Å². The molecule has 0 unspecified atom stereocenters. The first-order valence-electron chi connectivity index (χ1n) is 8.91. The van der Waals surface area contributed by atoms with Crippen LogP contribution in [0.15, 0.2) is 58.8 Å². The molecule has 0 bridgehead atoms. The van der Waals surface area contributed by atoms with Gasteiger partial charge in [-0.3, -0.25) is 4.79 Å². The summed E-state index contributed by atoms with van der Waals surface area (Å²) in [6.07, 6.45) is -4.52. The minimum atomic E-state index is -4.42. The first kappa shape index (κ1) is 22.9. The predicted molar refractivity (Wildman–Crippen MR) is 112 cm³/mol. The number of aromatic nitrogens is 1. The summed E-state index contributed by atoms with van der Waals surface area (Å²) in [5.74, 6) is -0.409. The number of rotatable bonds is 6. The van der Waals surface area contributed by atoms with Gasteiger partial charge in [-0.05, 0) is 29.8 Å². The van der Waals surface area contributed by atoms with Crippen molar-refractivity contribution in [1.29, 1.82) is 0 Å². The Morgan fingerprint density at radius 1 is 1.06 bits per heavy atom. The number of nitrogens with one attached hydrogen (secondary N) is 1. The number of hydrogen-bond donors (Lipinski definition) is 1. The highest BCUT2D eigenvalue weighted by Gasteiger charge is 2.30. The second-order valence-electron chi connectivity index (χ2n) is 6.77. The molecule has 31 heavy (non-hydrogen) atoms. The third kappa shape index (κ3) is 5.49. The van der Waals surface area contributed by atoms with E-state index in [0.717, 1.165) is 16.4 Å². The Labute approximate surface area is 181 Å². The van der Waals surface area contributed by atoms with Crippen molar-refractivity contribution >= 4 is 32.4 Å². The van der Waals surface area contributed by atoms with Crippen LogP contribution in [-0.2, 0) is 27.4 Å². The molecule has 6 nitrogen and oxygen atoms in total. The van der Waals surface area contributed by atoms with Crippen molar-refractivity contribution in [2.75, 3.05) is 19.4 Å². The van der Waals surface area contributed by atoms with Crippen LogP contribution in [0.2, 0.25) is 0 Å². The lowest BCUT2D eigenvalue weighted by Gasteiger charge is -2.11. The molecule has 3 aromatic rings. The van der Waals surface area contributed by atoms with E-state index in [-0.39, 0.29) is 11.3 Å². The topological polar surface area (TPSA) is 79.4 Å². The minimum Gasteiger partial charge on any atom is -0.302 e. The molecule has 3 rings (SSSR count). The minimum absolute atomic E-state index is 0.0931. The fourth-order valence-electron chi connectivity index (χ4n) is 2.63. The maximum absolute atomic E-state index is 12.6. The summed E-state index contributed by atoms with van der Waals surface area (Å²) in [5.41, 5.74) is 0.909. The largest absolute Gasteiger partial charge is 0.416 e. The molecule has 0 aliphatic carbocycles. The first-order chi connectivity index (χ1) is 14.5. The molecule has 0 atom stereocenters. The zero-order valence-electron chi connectivity index (χ0n) is 16.5. The van der Waals surface area contributed by atoms with Crippen molar-refractivity contribution in [3.63, 3.8) is 0 Å². The molecule has 0 aliphatic heterocycles. The number of hydrogen-bond acceptors (Lipinski definition) is 5. The van der Waals surface area contributed by atoms with Gasteiger partial charge in [-0.1, -0.05) is 24.3 Å². The van der Waals surface area contributed by atoms with E-state index in [4.69, 9.17) is 0 Å². The summed E-state index contributed by atoms with van der Waals surface area (Å²) in [5, 5.41) is 4.66. The average molecular weight is 470 g/mol. The number of amides is 1. The molecule has 1 heterocycles. The maximum Gasteiger partial charge on any atom is 0.416 e. The molecule has 2 aromatic carbocycles. The normalized spacial score (nSPS) is 12.2. The highest BCUT2D eigenvalue weighted by atomic mass is 32.2. The van der Waals surface area contributed by atoms with E-state index < -0.39 is 27.7 Å². The van der Waals surface area contributed by atoms with Gasteiger partial charge in [0.15, 0.2) is 5.13 Å². The van der Waals surface area contributed by atoms with Crippen molar-refractivity contribution in [1.82, 2.24) is 9.29 Å². The molecule has 0 fully saturated rings. The Bertz CT molecular complexity index is 1170. The second kappa shape index (κ2) is 8.77. The predicted octanol–water partition coefficient (Wildman–Crippen LogP) is 4.26. The summed E-state index contributed by atoms with van der Waals surface area (Å²) in [7, 11) is -0.636. The van der Waals surface area contributed by atoms with Gasteiger partial charge in [-0.2, -0.15) is 13.2 Å². The molecule has 1 aromatic heterocycles. The lowest BCUT2D eigenvalue weighted by Crippen LogP contribution is -2.22. The number of benzene rings is 2. The quantitative estimate of drug-likeness (QED) is 0.585. The standard InChI is InChI=1S/C20H18F3N3O3S2/c1-26(2)31(28,29)16-9-5-14(6-10-16)17-12-30-19(24-17)25-18(27)11-13-3-7-15(8-4-13)20(21,22)23/h3-10,12H,11H2,1-2H3,(H,24,25,27). The van der Waals surface area contributed by atoms with Crippen LogP contribution in [0.3, 0.4) is 0 Å². The van der Waals surface area contributed by atoms with Crippen LogP contribution >= 0.6 is 11.3 Å². The van der Waals surface area contributed by atoms with Crippen molar-refractivity contribution in [2.45, 2.75) is 17.5 Å². The van der Waals surface area contributed by atoms with Gasteiger partial charge in [0, 0.05) is 25.0 Å². The number of alkyl halides is 3. The van der Waals surface area contributed by atoms with Gasteiger partial charge >= 0.3 is 6.18 Å². The SMILES string of the molecule is CN(C)S(=O)(=O)c1ccc(-c2csc(NC(=O)Cc3ccc(C(F)(F)F)cc3)n2)cc1. The van der Waals surface area contributed by atoms with Crippen LogP contribution in [0, 0.1) is 0 Å². The number of halogens is 3. The number of carbonyl (C=O) groups is 1. The van der Waals surface area contributed by atoms with E-state index in [1.54, 1.807) is 17.5 Å². The van der Waals surface area contributed by atoms with E-state index >= 15 is 0 Å². The first-order valence-corrected chi connectivity index (χ1v) is 11.2. The monoisotopic (exact) mass is 469 g/mol. The molecule has 164 valence electrons. The van der Waals surface area contributed by atoms with E-state index in [1.165, 1.54) is 49.7 Å². The van der Waals surface area contributed by atoms with Crippen molar-refractivity contribution in [3.8, 4) is 11.3 Å². The Morgan fingerprint density at radius 3 is 2.23 bits per heavy atom. The second-order valence-corrected chi connectivity index (χ2v) is 9.78. The van der Waals surface area contributed by atoms with E-state index in [1.807, 2.05) is 0 Å². The van der Waals surface area contributed by atoms with Gasteiger partial charge < -0.3 is 5.32 Å². The zero-order valence-corrected chi connectivity index (χ0v) is 18.1. The molecule has 0 radical (unpaired) electrons. The molecular weight excluding hydrogens is 451 g/mol. The Kier molecular flexibility index (Phi) is 6.48. The fraction of sp³-hybridized carbons (Fsp3) is 0.200. The van der Waals surface area contributed by atoms with Crippen molar-refractivity contribution in [2.24, 2.45) is 0 Å². The number of sulfonamides is 1. The van der Waals surface area contributed by atoms with Crippen LogP contribution < -0.4 is 5.32 Å². The smallest absolute Gasteiger partial charge is 0.302 e. The van der Waals surface area contributed by atoms with Gasteiger partial charge in [0.25, 0.3) is 0 Å². The van der Waals surface area contributed by atoms with Crippen LogP contribution in [-0.4, -0.2) is 37.7 Å². The van der Waals surface area contributed by atoms with Crippen LogP contribution in [0.5, 0.6) is 0 Å². The summed E-state index contributed by atoms with van der Waals surface area (Å²) in [6, 6.07) is 10.6. The van der Waals surface area contributed by atoms with E-state index in [0.29, 0.717) is 22.0 Å². The molecule has 1 N–H and O–H groups in total. The fourth-order valence-corrected chi connectivity index (χ4v) is 4.27. The highest BCUT2D eigenvalue weighted by molar-refractivity contribution is 7.89. The molecule has 0 spiro atoms. The Hall–Kier alpha value is -2.76. The van der Waals surface area contributed by atoms with Crippen molar-refractivity contribution in [3.05, 3.63) is 65.0 Å². The molecular formula is C20H18F3N3O3S2. The number of carbonyl (C=O) groups excluding carboxylic acids is 1. The third-order valence-electron chi connectivity index (χ3n) is 4.33. The molecule has 0 saturated heterocycles. The molecule has 0 saturated carbocycles. The van der Waals surface area contributed by atoms with E-state index in [2.05, 4.69) is 10.3 Å². The highest BCUT2D eigenvalue weighted by Crippen LogP contribution is 2.29. The van der Waals surface area contributed by atoms with Gasteiger partial charge in [-0.25, -0.2) is 17.7 Å². The lowest BCUT2D eigenvalue weighted by atomic mass is 10.1. The summed E-state index contributed by atoms with van der Waals surface area (Å²) >= 11 is 1.19. The van der Waals surface area contributed by atoms with Crippen LogP contribution in [0.1, 0.15) is 11.1 Å². The third-order valence-corrected chi connectivity index (χ3v) is 6.91. The van der Waals surface area contributed by atoms with Gasteiger partial charge in [-0.15, -0.1) is 11.3 Å². The maximum atomic E-state index is 12.6. The molecule has 1 amide bonds. The summed E-state index contributed by atoms with van der Waals surface area (Å²) in [6.45, 7) is 0. The zero-order chi connectivity index (χ0) is 22.8. The lowest BCUT2D eigenvalue weighted by molar-refractivity contribution is -0.137. The summed E-state index contributed by atoms with van der Waals surface area (Å²) < 4.78 is 63.2. The number of thiazole rings is 1. The Balaban J connectivity index is 1.65. The van der Waals surface area contributed by atoms with Crippen LogP contribution in [0.4, 0.5) is 18.3 Å². The molecule has 11 heteroatoms. The number of nitrogens with zero attached hydrogens (tertiary/aromatic N) is 2. The van der Waals surface area contributed by atoms with E-state index in [9.17, 15) is 26.4 Å². The Morgan fingerprint density at radius 2 is 1.68 bits per heavy atom. The molecule has 0 aliphatic rings. The number of anilines is 1.